The highest BCUT2D eigenvalue weighted by atomic mass is 35.5. The zero-order valence-corrected chi connectivity index (χ0v) is 17.2. The molecule has 0 aromatic heterocycles. The molecule has 0 aliphatic carbocycles. The second kappa shape index (κ2) is 7.78. The Morgan fingerprint density at radius 2 is 1.72 bits per heavy atom. The van der Waals surface area contributed by atoms with Gasteiger partial charge in [-0.25, -0.2) is 8.42 Å². The number of amides is 2. The first-order valence-electron chi connectivity index (χ1n) is 9.33. The number of carbonyl (C=O) groups is 2. The van der Waals surface area contributed by atoms with Gasteiger partial charge >= 0.3 is 0 Å². The Hall–Kier alpha value is -2.42. The number of hydrogen-bond donors (Lipinski definition) is 1. The summed E-state index contributed by atoms with van der Waals surface area (Å²) in [5.41, 5.74) is 1.90. The lowest BCUT2D eigenvalue weighted by Gasteiger charge is -2.34. The summed E-state index contributed by atoms with van der Waals surface area (Å²) in [5.74, 6) is -0.260. The van der Waals surface area contributed by atoms with E-state index in [1.165, 1.54) is 10.4 Å². The first-order valence-corrected chi connectivity index (χ1v) is 11.1. The molecule has 4 rings (SSSR count). The number of fused-ring (bicyclic) bond motifs is 1. The first kappa shape index (κ1) is 19.9. The Bertz CT molecular complexity index is 1080. The molecule has 0 saturated carbocycles. The Kier molecular flexibility index (Phi) is 5.33. The van der Waals surface area contributed by atoms with Crippen molar-refractivity contribution in [2.75, 3.05) is 31.5 Å². The highest BCUT2D eigenvalue weighted by Crippen LogP contribution is 2.27. The van der Waals surface area contributed by atoms with Gasteiger partial charge in [0.05, 0.1) is 15.5 Å². The molecular weight excluding hydrogens is 414 g/mol. The number of carbonyl (C=O) groups excluding carboxylic acids is 2. The molecule has 2 aromatic carbocycles. The minimum absolute atomic E-state index is 0.0626. The fraction of sp³-hybridized carbons (Fsp3) is 0.300. The molecule has 0 spiro atoms. The minimum Gasteiger partial charge on any atom is -0.336 e. The second-order valence-electron chi connectivity index (χ2n) is 7.04. The lowest BCUT2D eigenvalue weighted by Crippen LogP contribution is -2.50. The van der Waals surface area contributed by atoms with E-state index in [4.69, 9.17) is 11.6 Å². The van der Waals surface area contributed by atoms with Crippen molar-refractivity contribution < 1.29 is 18.0 Å². The second-order valence-corrected chi connectivity index (χ2v) is 9.39. The van der Waals surface area contributed by atoms with Gasteiger partial charge in [0.1, 0.15) is 0 Å². The zero-order valence-electron chi connectivity index (χ0n) is 15.6. The van der Waals surface area contributed by atoms with Crippen molar-refractivity contribution in [1.82, 2.24) is 9.21 Å². The molecule has 7 nitrogen and oxygen atoms in total. The van der Waals surface area contributed by atoms with Gasteiger partial charge in [-0.3, -0.25) is 9.59 Å². The maximum atomic E-state index is 13.1. The number of hydrogen-bond acceptors (Lipinski definition) is 4. The molecule has 9 heteroatoms. The quantitative estimate of drug-likeness (QED) is 0.805. The molecule has 2 aliphatic rings. The minimum atomic E-state index is -3.67. The largest absolute Gasteiger partial charge is 0.336 e. The molecule has 1 N–H and O–H groups in total. The van der Waals surface area contributed by atoms with Gasteiger partial charge in [0, 0.05) is 38.3 Å². The molecule has 2 aliphatic heterocycles. The van der Waals surface area contributed by atoms with E-state index in [1.54, 1.807) is 41.3 Å². The standard InChI is InChI=1S/C20H20ClN3O4S/c21-17-4-2-1-3-16(17)20(26)23-9-11-24(12-10-23)29(27,28)15-6-7-18-14(13-15)5-8-19(25)22-18/h1-4,6-7,13H,5,8-12H2,(H,22,25). The van der Waals surface area contributed by atoms with Crippen molar-refractivity contribution in [3.05, 3.63) is 58.6 Å². The summed E-state index contributed by atoms with van der Waals surface area (Å²) in [5, 5.41) is 3.14. The molecule has 0 bridgehead atoms. The number of aryl methyl sites for hydroxylation is 1. The summed E-state index contributed by atoms with van der Waals surface area (Å²) in [6.45, 7) is 1.02. The number of anilines is 1. The lowest BCUT2D eigenvalue weighted by atomic mass is 10.0. The molecule has 0 unspecified atom stereocenters. The number of nitrogens with one attached hydrogen (secondary N) is 1. The van der Waals surface area contributed by atoms with Gasteiger partial charge in [0.15, 0.2) is 0 Å². The normalized spacial score (nSPS) is 17.6. The lowest BCUT2D eigenvalue weighted by molar-refractivity contribution is -0.116. The predicted octanol–water partition coefficient (Wildman–Crippen LogP) is 2.37. The van der Waals surface area contributed by atoms with Crippen LogP contribution in [0, 0.1) is 0 Å². The van der Waals surface area contributed by atoms with Gasteiger partial charge in [0.2, 0.25) is 15.9 Å². The molecule has 1 saturated heterocycles. The van der Waals surface area contributed by atoms with Crippen molar-refractivity contribution in [1.29, 1.82) is 0 Å². The molecule has 2 amide bonds. The number of rotatable bonds is 3. The van der Waals surface area contributed by atoms with Gasteiger partial charge in [-0.15, -0.1) is 0 Å². The van der Waals surface area contributed by atoms with E-state index in [0.29, 0.717) is 42.2 Å². The van der Waals surface area contributed by atoms with E-state index in [0.717, 1.165) is 5.56 Å². The van der Waals surface area contributed by atoms with Gasteiger partial charge in [-0.05, 0) is 42.3 Å². The van der Waals surface area contributed by atoms with Crippen molar-refractivity contribution in [3.63, 3.8) is 0 Å². The molecule has 29 heavy (non-hydrogen) atoms. The Morgan fingerprint density at radius 3 is 2.45 bits per heavy atom. The maximum absolute atomic E-state index is 13.1. The summed E-state index contributed by atoms with van der Waals surface area (Å²) in [6.07, 6.45) is 0.865. The average molecular weight is 434 g/mol. The maximum Gasteiger partial charge on any atom is 0.255 e. The van der Waals surface area contributed by atoms with Gasteiger partial charge in [0.25, 0.3) is 5.91 Å². The van der Waals surface area contributed by atoms with E-state index in [1.807, 2.05) is 0 Å². The van der Waals surface area contributed by atoms with Crippen LogP contribution >= 0.6 is 11.6 Å². The van der Waals surface area contributed by atoms with E-state index < -0.39 is 10.0 Å². The number of benzene rings is 2. The third kappa shape index (κ3) is 3.88. The fourth-order valence-electron chi connectivity index (χ4n) is 3.61. The summed E-state index contributed by atoms with van der Waals surface area (Å²) in [7, 11) is -3.67. The van der Waals surface area contributed by atoms with E-state index in [9.17, 15) is 18.0 Å². The van der Waals surface area contributed by atoms with E-state index in [2.05, 4.69) is 5.32 Å². The van der Waals surface area contributed by atoms with Crippen LogP contribution in [0.2, 0.25) is 5.02 Å². The summed E-state index contributed by atoms with van der Waals surface area (Å²) < 4.78 is 27.5. The molecule has 152 valence electrons. The number of halogens is 1. The molecule has 2 heterocycles. The van der Waals surface area contributed by atoms with Crippen molar-refractivity contribution in [2.45, 2.75) is 17.7 Å². The highest BCUT2D eigenvalue weighted by molar-refractivity contribution is 7.89. The SMILES string of the molecule is O=C1CCc2cc(S(=O)(=O)N3CCN(C(=O)c4ccccc4Cl)CC3)ccc2N1. The third-order valence-electron chi connectivity index (χ3n) is 5.24. The molecule has 2 aromatic rings. The van der Waals surface area contributed by atoms with Crippen LogP contribution in [0.5, 0.6) is 0 Å². The van der Waals surface area contributed by atoms with Crippen LogP contribution in [0.3, 0.4) is 0 Å². The number of sulfonamides is 1. The Labute approximate surface area is 174 Å². The Balaban J connectivity index is 1.47. The summed E-state index contributed by atoms with van der Waals surface area (Å²) >= 11 is 6.11. The van der Waals surface area contributed by atoms with Gasteiger partial charge in [-0.2, -0.15) is 4.31 Å². The van der Waals surface area contributed by atoms with Crippen LogP contribution in [-0.4, -0.2) is 55.6 Å². The molecule has 0 atom stereocenters. The molecule has 1 fully saturated rings. The molecule has 0 radical (unpaired) electrons. The van der Waals surface area contributed by atoms with Gasteiger partial charge < -0.3 is 10.2 Å². The monoisotopic (exact) mass is 433 g/mol. The predicted molar refractivity (Wildman–Crippen MR) is 110 cm³/mol. The summed E-state index contributed by atoms with van der Waals surface area (Å²) in [4.78, 5) is 26.0. The van der Waals surface area contributed by atoms with Crippen LogP contribution in [0.1, 0.15) is 22.3 Å². The third-order valence-corrected chi connectivity index (χ3v) is 7.46. The fourth-order valence-corrected chi connectivity index (χ4v) is 5.30. The van der Waals surface area contributed by atoms with Crippen LogP contribution in [0.25, 0.3) is 0 Å². The summed E-state index contributed by atoms with van der Waals surface area (Å²) in [6, 6.07) is 11.6. The van der Waals surface area contributed by atoms with Crippen LogP contribution in [-0.2, 0) is 21.2 Å². The van der Waals surface area contributed by atoms with Crippen molar-refractivity contribution in [2.24, 2.45) is 0 Å². The van der Waals surface area contributed by atoms with Gasteiger partial charge in [-0.1, -0.05) is 23.7 Å². The van der Waals surface area contributed by atoms with Crippen molar-refractivity contribution >= 4 is 39.1 Å². The Morgan fingerprint density at radius 1 is 1.00 bits per heavy atom. The molecular formula is C20H20ClN3O4S. The van der Waals surface area contributed by atoms with E-state index >= 15 is 0 Å². The van der Waals surface area contributed by atoms with Crippen LogP contribution < -0.4 is 5.32 Å². The topological polar surface area (TPSA) is 86.8 Å². The smallest absolute Gasteiger partial charge is 0.255 e. The first-order chi connectivity index (χ1) is 13.9. The number of piperazine rings is 1. The van der Waals surface area contributed by atoms with E-state index in [-0.39, 0.29) is 29.8 Å². The highest BCUT2D eigenvalue weighted by Gasteiger charge is 2.31. The van der Waals surface area contributed by atoms with Crippen LogP contribution in [0.4, 0.5) is 5.69 Å². The zero-order chi connectivity index (χ0) is 20.6. The van der Waals surface area contributed by atoms with Crippen LogP contribution in [0.15, 0.2) is 47.4 Å². The van der Waals surface area contributed by atoms with Crippen molar-refractivity contribution in [3.8, 4) is 0 Å². The average Bonchev–Trinajstić information content (AvgIpc) is 2.73. The number of nitrogens with zero attached hydrogens (tertiary/aromatic N) is 2.